The predicted octanol–water partition coefficient (Wildman–Crippen LogP) is 2.67. The zero-order valence-electron chi connectivity index (χ0n) is 10.1. The molecular formula is C13H13N3O. The largest absolute Gasteiger partial charge is 0.266 e. The van der Waals surface area contributed by atoms with E-state index in [1.807, 2.05) is 7.05 Å². The Morgan fingerprint density at radius 1 is 1.29 bits per heavy atom. The molecule has 0 atom stereocenters. The number of nitrogens with zero attached hydrogens (tertiary/aromatic N) is 3. The molecule has 0 saturated carbocycles. The van der Waals surface area contributed by atoms with Crippen molar-refractivity contribution >= 4 is 11.9 Å². The first-order valence-corrected chi connectivity index (χ1v) is 5.31. The zero-order valence-corrected chi connectivity index (χ0v) is 10.1. The molecule has 2 rings (SSSR count). The van der Waals surface area contributed by atoms with Crippen LogP contribution in [0.15, 0.2) is 29.3 Å². The number of carbonyl (C=O) groups excluding carboxylic acids is 1. The van der Waals surface area contributed by atoms with Crippen LogP contribution in [0.1, 0.15) is 11.1 Å². The van der Waals surface area contributed by atoms with Crippen molar-refractivity contribution < 1.29 is 4.79 Å². The van der Waals surface area contributed by atoms with Gasteiger partial charge in [0.15, 0.2) is 5.82 Å². The number of aryl methyl sites for hydroxylation is 3. The monoisotopic (exact) mass is 227 g/mol. The second kappa shape index (κ2) is 4.36. The van der Waals surface area contributed by atoms with Crippen molar-refractivity contribution in [2.24, 2.45) is 12.0 Å². The number of hydrogen-bond donors (Lipinski definition) is 0. The van der Waals surface area contributed by atoms with Crippen LogP contribution in [0.2, 0.25) is 0 Å². The van der Waals surface area contributed by atoms with Crippen LogP contribution in [-0.2, 0) is 11.8 Å². The highest BCUT2D eigenvalue weighted by atomic mass is 16.1. The summed E-state index contributed by atoms with van der Waals surface area (Å²) in [6, 6.07) is 8.00. The first-order chi connectivity index (χ1) is 8.11. The minimum atomic E-state index is 0.387. The molecule has 0 N–H and O–H groups in total. The van der Waals surface area contributed by atoms with Crippen molar-refractivity contribution in [1.82, 2.24) is 9.78 Å². The molecule has 0 amide bonds. The maximum absolute atomic E-state index is 10.2. The molecule has 0 aliphatic rings. The van der Waals surface area contributed by atoms with Crippen LogP contribution >= 0.6 is 0 Å². The summed E-state index contributed by atoms with van der Waals surface area (Å²) in [7, 11) is 1.83. The van der Waals surface area contributed by atoms with E-state index < -0.39 is 0 Å². The molecule has 0 bridgehead atoms. The van der Waals surface area contributed by atoms with E-state index >= 15 is 0 Å². The number of hydrogen-bond acceptors (Lipinski definition) is 3. The van der Waals surface area contributed by atoms with Crippen molar-refractivity contribution in [3.05, 3.63) is 35.4 Å². The molecule has 0 unspecified atom stereocenters. The molecule has 0 radical (unpaired) electrons. The lowest BCUT2D eigenvalue weighted by molar-refractivity contribution is 0.565. The third-order valence-corrected chi connectivity index (χ3v) is 2.68. The van der Waals surface area contributed by atoms with Gasteiger partial charge in [-0.15, -0.1) is 4.99 Å². The first-order valence-electron chi connectivity index (χ1n) is 5.31. The summed E-state index contributed by atoms with van der Waals surface area (Å²) in [4.78, 5) is 13.7. The second-order valence-corrected chi connectivity index (χ2v) is 4.03. The van der Waals surface area contributed by atoms with Gasteiger partial charge in [0.25, 0.3) is 0 Å². The predicted molar refractivity (Wildman–Crippen MR) is 65.9 cm³/mol. The van der Waals surface area contributed by atoms with Crippen LogP contribution in [0, 0.1) is 13.8 Å². The zero-order chi connectivity index (χ0) is 12.4. The van der Waals surface area contributed by atoms with Gasteiger partial charge in [-0.1, -0.05) is 23.8 Å². The summed E-state index contributed by atoms with van der Waals surface area (Å²) < 4.78 is 1.72. The van der Waals surface area contributed by atoms with Crippen LogP contribution in [0.4, 0.5) is 5.82 Å². The summed E-state index contributed by atoms with van der Waals surface area (Å²) in [5.74, 6) is 0.387. The van der Waals surface area contributed by atoms with Gasteiger partial charge >= 0.3 is 0 Å². The summed E-state index contributed by atoms with van der Waals surface area (Å²) in [5, 5.41) is 4.13. The van der Waals surface area contributed by atoms with Crippen LogP contribution < -0.4 is 0 Å². The molecule has 4 heteroatoms. The van der Waals surface area contributed by atoms with E-state index in [2.05, 4.69) is 42.1 Å². The Morgan fingerprint density at radius 3 is 2.71 bits per heavy atom. The van der Waals surface area contributed by atoms with Crippen molar-refractivity contribution in [2.45, 2.75) is 13.8 Å². The average Bonchev–Trinajstić information content (AvgIpc) is 2.60. The van der Waals surface area contributed by atoms with E-state index in [0.29, 0.717) is 5.82 Å². The lowest BCUT2D eigenvalue weighted by Gasteiger charge is -2.06. The number of isocyanates is 1. The highest BCUT2D eigenvalue weighted by molar-refractivity contribution is 5.67. The molecule has 1 aromatic heterocycles. The Bertz CT molecular complexity index is 607. The molecule has 0 saturated heterocycles. The summed E-state index contributed by atoms with van der Waals surface area (Å²) in [6.45, 7) is 4.11. The summed E-state index contributed by atoms with van der Waals surface area (Å²) in [6.07, 6.45) is 1.50. The third kappa shape index (κ3) is 2.17. The highest BCUT2D eigenvalue weighted by Crippen LogP contribution is 2.26. The Kier molecular flexibility index (Phi) is 2.90. The van der Waals surface area contributed by atoms with Gasteiger partial charge in [-0.3, -0.25) is 4.68 Å². The fourth-order valence-electron chi connectivity index (χ4n) is 1.91. The number of rotatable bonds is 2. The second-order valence-electron chi connectivity index (χ2n) is 4.03. The van der Waals surface area contributed by atoms with Gasteiger partial charge in [0.1, 0.15) is 0 Å². The van der Waals surface area contributed by atoms with Gasteiger partial charge in [-0.25, -0.2) is 4.79 Å². The van der Waals surface area contributed by atoms with E-state index in [-0.39, 0.29) is 0 Å². The minimum Gasteiger partial charge on any atom is -0.266 e. The molecule has 1 heterocycles. The van der Waals surface area contributed by atoms with Gasteiger partial charge in [-0.05, 0) is 19.4 Å². The normalized spacial score (nSPS) is 10.1. The van der Waals surface area contributed by atoms with E-state index in [0.717, 1.165) is 11.3 Å². The Hall–Kier alpha value is -2.19. The smallest absolute Gasteiger partial charge is 0.242 e. The highest BCUT2D eigenvalue weighted by Gasteiger charge is 2.09. The Balaban J connectivity index is 2.56. The van der Waals surface area contributed by atoms with E-state index in [1.54, 1.807) is 10.7 Å². The van der Waals surface area contributed by atoms with E-state index in [1.165, 1.54) is 17.2 Å². The Morgan fingerprint density at radius 2 is 2.06 bits per heavy atom. The van der Waals surface area contributed by atoms with Gasteiger partial charge in [0.2, 0.25) is 6.08 Å². The van der Waals surface area contributed by atoms with Crippen molar-refractivity contribution in [2.75, 3.05) is 0 Å². The molecule has 0 aliphatic heterocycles. The average molecular weight is 227 g/mol. The quantitative estimate of drug-likeness (QED) is 0.585. The summed E-state index contributed by atoms with van der Waals surface area (Å²) in [5.41, 5.74) is 4.43. The maximum Gasteiger partial charge on any atom is 0.242 e. The molecular weight excluding hydrogens is 214 g/mol. The van der Waals surface area contributed by atoms with Crippen LogP contribution in [-0.4, -0.2) is 15.9 Å². The molecule has 0 spiro atoms. The van der Waals surface area contributed by atoms with Crippen LogP contribution in [0.5, 0.6) is 0 Å². The van der Waals surface area contributed by atoms with Crippen LogP contribution in [0.3, 0.4) is 0 Å². The molecule has 86 valence electrons. The van der Waals surface area contributed by atoms with E-state index in [4.69, 9.17) is 0 Å². The summed E-state index contributed by atoms with van der Waals surface area (Å²) >= 11 is 0. The standard InChI is InChI=1S/C13H13N3O/c1-9-4-5-11(10(2)6-9)12-7-13(14-8-17)15-16(12)3/h4-7H,1-3H3. The molecule has 4 nitrogen and oxygen atoms in total. The van der Waals surface area contributed by atoms with Gasteiger partial charge in [0.05, 0.1) is 5.69 Å². The number of aromatic nitrogens is 2. The Labute approximate surface area is 99.6 Å². The van der Waals surface area contributed by atoms with Crippen LogP contribution in [0.25, 0.3) is 11.3 Å². The van der Waals surface area contributed by atoms with Gasteiger partial charge < -0.3 is 0 Å². The molecule has 17 heavy (non-hydrogen) atoms. The lowest BCUT2D eigenvalue weighted by Crippen LogP contribution is -1.95. The number of benzene rings is 1. The molecule has 2 aromatic rings. The fraction of sp³-hybridized carbons (Fsp3) is 0.231. The molecule has 0 aliphatic carbocycles. The van der Waals surface area contributed by atoms with Gasteiger partial charge in [-0.2, -0.15) is 5.10 Å². The minimum absolute atomic E-state index is 0.387. The number of aliphatic imine (C=N–C) groups is 1. The fourth-order valence-corrected chi connectivity index (χ4v) is 1.91. The first kappa shape index (κ1) is 11.3. The third-order valence-electron chi connectivity index (χ3n) is 2.68. The van der Waals surface area contributed by atoms with Gasteiger partial charge in [0, 0.05) is 18.7 Å². The van der Waals surface area contributed by atoms with Crippen molar-refractivity contribution in [3.63, 3.8) is 0 Å². The SMILES string of the molecule is Cc1ccc(-c2cc(N=C=O)nn2C)c(C)c1. The lowest BCUT2D eigenvalue weighted by atomic mass is 10.0. The molecule has 0 fully saturated rings. The maximum atomic E-state index is 10.2. The van der Waals surface area contributed by atoms with E-state index in [9.17, 15) is 4.79 Å². The van der Waals surface area contributed by atoms with Crippen molar-refractivity contribution in [1.29, 1.82) is 0 Å². The molecule has 1 aromatic carbocycles. The van der Waals surface area contributed by atoms with Crippen molar-refractivity contribution in [3.8, 4) is 11.3 Å². The topological polar surface area (TPSA) is 47.2 Å².